The molecule has 6 rings (SSSR count). The van der Waals surface area contributed by atoms with E-state index in [1.807, 2.05) is 19.9 Å². The molecule has 34 heavy (non-hydrogen) atoms. The third-order valence-corrected chi connectivity index (χ3v) is 6.59. The summed E-state index contributed by atoms with van der Waals surface area (Å²) in [5.41, 5.74) is 3.64. The minimum absolute atomic E-state index is 0.174. The fraction of sp³-hybridized carbons (Fsp3) is 0.375. The van der Waals surface area contributed by atoms with Crippen LogP contribution in [0.25, 0.3) is 17.0 Å². The molecule has 4 aromatic rings. The van der Waals surface area contributed by atoms with Crippen LogP contribution in [0.5, 0.6) is 0 Å². The van der Waals surface area contributed by atoms with Crippen LogP contribution in [-0.4, -0.2) is 30.9 Å². The van der Waals surface area contributed by atoms with Gasteiger partial charge in [0.25, 0.3) is 5.56 Å². The van der Waals surface area contributed by atoms with Crippen LogP contribution in [0.4, 0.5) is 11.6 Å². The first-order chi connectivity index (χ1) is 16.5. The molecule has 1 saturated carbocycles. The molecular formula is C24H24N8O2. The van der Waals surface area contributed by atoms with Crippen molar-refractivity contribution in [2.45, 2.75) is 51.1 Å². The molecule has 1 aromatic carbocycles. The molecule has 0 unspecified atom stereocenters. The molecule has 0 atom stereocenters. The zero-order valence-electron chi connectivity index (χ0n) is 19.0. The number of anilines is 2. The number of nitrogens with zero attached hydrogens (tertiary/aromatic N) is 6. The van der Waals surface area contributed by atoms with Gasteiger partial charge in [-0.05, 0) is 62.9 Å². The van der Waals surface area contributed by atoms with E-state index in [2.05, 4.69) is 43.8 Å². The van der Waals surface area contributed by atoms with Crippen molar-refractivity contribution in [2.24, 2.45) is 0 Å². The highest BCUT2D eigenvalue weighted by atomic mass is 16.4. The number of nitriles is 1. The van der Waals surface area contributed by atoms with Crippen LogP contribution in [0.2, 0.25) is 0 Å². The molecule has 1 aliphatic carbocycles. The zero-order valence-corrected chi connectivity index (χ0v) is 19.0. The van der Waals surface area contributed by atoms with Gasteiger partial charge in [0, 0.05) is 24.5 Å². The van der Waals surface area contributed by atoms with Gasteiger partial charge in [-0.1, -0.05) is 6.07 Å². The first-order valence-corrected chi connectivity index (χ1v) is 11.5. The Labute approximate surface area is 195 Å². The van der Waals surface area contributed by atoms with Gasteiger partial charge >= 0.3 is 6.01 Å². The van der Waals surface area contributed by atoms with Crippen molar-refractivity contribution in [3.05, 3.63) is 57.8 Å². The van der Waals surface area contributed by atoms with Crippen LogP contribution in [-0.2, 0) is 18.4 Å². The second-order valence-corrected chi connectivity index (χ2v) is 9.23. The largest absolute Gasteiger partial charge is 0.430 e. The SMILES string of the molecule is CC(C)n1c(=O)c2cnc(Nc3ccc4c(c3)CNCC4)nc2n1-c1nc(C2(C#N)CC2)co1. The van der Waals surface area contributed by atoms with E-state index in [0.717, 1.165) is 38.0 Å². The highest BCUT2D eigenvalue weighted by Crippen LogP contribution is 2.47. The normalized spacial score (nSPS) is 16.4. The number of rotatable bonds is 5. The monoisotopic (exact) mass is 456 g/mol. The summed E-state index contributed by atoms with van der Waals surface area (Å²) in [7, 11) is 0. The van der Waals surface area contributed by atoms with E-state index in [1.54, 1.807) is 9.36 Å². The molecule has 0 amide bonds. The Kier molecular flexibility index (Phi) is 4.57. The van der Waals surface area contributed by atoms with Gasteiger partial charge in [-0.3, -0.25) is 4.79 Å². The lowest BCUT2D eigenvalue weighted by atomic mass is 10.0. The van der Waals surface area contributed by atoms with Crippen LogP contribution < -0.4 is 16.2 Å². The Morgan fingerprint density at radius 2 is 2.12 bits per heavy atom. The van der Waals surface area contributed by atoms with Crippen molar-refractivity contribution in [1.29, 1.82) is 5.26 Å². The predicted molar refractivity (Wildman–Crippen MR) is 125 cm³/mol. The number of aromatic nitrogens is 5. The first kappa shape index (κ1) is 20.6. The lowest BCUT2D eigenvalue weighted by Gasteiger charge is -2.18. The molecule has 2 aliphatic rings. The minimum Gasteiger partial charge on any atom is -0.430 e. The highest BCUT2D eigenvalue weighted by Gasteiger charge is 2.48. The van der Waals surface area contributed by atoms with Crippen molar-refractivity contribution in [3.8, 4) is 12.1 Å². The fourth-order valence-electron chi connectivity index (χ4n) is 4.53. The average Bonchev–Trinajstić information content (AvgIpc) is 3.39. The van der Waals surface area contributed by atoms with Crippen molar-refractivity contribution in [1.82, 2.24) is 29.6 Å². The molecule has 0 spiro atoms. The Morgan fingerprint density at radius 3 is 2.88 bits per heavy atom. The van der Waals surface area contributed by atoms with E-state index >= 15 is 0 Å². The smallest absolute Gasteiger partial charge is 0.323 e. The standard InChI is InChI=1S/C24H24N8O2/c1-14(2)31-21(33)18-11-27-22(28-17-4-3-15-5-8-26-10-16(15)9-17)30-20(18)32(31)23-29-19(12-34-23)24(13-25)6-7-24/h3-4,9,11-12,14,26H,5-8,10H2,1-2H3,(H,27,28,30). The molecule has 1 aliphatic heterocycles. The second-order valence-electron chi connectivity index (χ2n) is 9.23. The van der Waals surface area contributed by atoms with Gasteiger partial charge in [-0.15, -0.1) is 0 Å². The maximum absolute atomic E-state index is 13.2. The van der Waals surface area contributed by atoms with Gasteiger partial charge in [-0.25, -0.2) is 9.67 Å². The lowest BCUT2D eigenvalue weighted by Crippen LogP contribution is -2.24. The van der Waals surface area contributed by atoms with Crippen molar-refractivity contribution in [3.63, 3.8) is 0 Å². The second kappa shape index (κ2) is 7.53. The van der Waals surface area contributed by atoms with Crippen LogP contribution in [0.1, 0.15) is 49.6 Å². The molecule has 2 N–H and O–H groups in total. The maximum atomic E-state index is 13.2. The fourth-order valence-corrected chi connectivity index (χ4v) is 4.53. The number of nitrogens with one attached hydrogen (secondary N) is 2. The Balaban J connectivity index is 1.44. The van der Waals surface area contributed by atoms with Gasteiger partial charge in [0.15, 0.2) is 5.65 Å². The van der Waals surface area contributed by atoms with E-state index in [9.17, 15) is 10.1 Å². The van der Waals surface area contributed by atoms with Gasteiger partial charge < -0.3 is 15.1 Å². The molecule has 172 valence electrons. The number of hydrogen-bond donors (Lipinski definition) is 2. The predicted octanol–water partition coefficient (Wildman–Crippen LogP) is 3.10. The Hall–Kier alpha value is -3.97. The van der Waals surface area contributed by atoms with Crippen LogP contribution >= 0.6 is 0 Å². The average molecular weight is 457 g/mol. The van der Waals surface area contributed by atoms with Crippen molar-refractivity contribution in [2.75, 3.05) is 11.9 Å². The number of benzene rings is 1. The van der Waals surface area contributed by atoms with Gasteiger partial charge in [-0.2, -0.15) is 19.9 Å². The quantitative estimate of drug-likeness (QED) is 0.469. The van der Waals surface area contributed by atoms with Gasteiger partial charge in [0.1, 0.15) is 22.8 Å². The summed E-state index contributed by atoms with van der Waals surface area (Å²) in [5, 5.41) is 16.6. The third-order valence-electron chi connectivity index (χ3n) is 6.59. The van der Waals surface area contributed by atoms with Crippen LogP contribution in [0.3, 0.4) is 0 Å². The zero-order chi connectivity index (χ0) is 23.4. The van der Waals surface area contributed by atoms with E-state index < -0.39 is 5.41 Å². The first-order valence-electron chi connectivity index (χ1n) is 11.5. The summed E-state index contributed by atoms with van der Waals surface area (Å²) in [4.78, 5) is 26.8. The number of oxazole rings is 1. The summed E-state index contributed by atoms with van der Waals surface area (Å²) in [6.45, 7) is 5.64. The summed E-state index contributed by atoms with van der Waals surface area (Å²) in [6, 6.07) is 8.60. The molecule has 4 heterocycles. The molecule has 10 nitrogen and oxygen atoms in total. The van der Waals surface area contributed by atoms with E-state index in [-0.39, 0.29) is 17.6 Å². The van der Waals surface area contributed by atoms with E-state index in [1.165, 1.54) is 23.6 Å². The molecule has 0 radical (unpaired) electrons. The lowest BCUT2D eigenvalue weighted by molar-refractivity contribution is 0.417. The number of fused-ring (bicyclic) bond motifs is 2. The highest BCUT2D eigenvalue weighted by molar-refractivity contribution is 5.76. The van der Waals surface area contributed by atoms with Gasteiger partial charge in [0.2, 0.25) is 5.95 Å². The summed E-state index contributed by atoms with van der Waals surface area (Å²) >= 11 is 0. The van der Waals surface area contributed by atoms with Crippen LogP contribution in [0, 0.1) is 11.3 Å². The molecule has 10 heteroatoms. The van der Waals surface area contributed by atoms with E-state index in [4.69, 9.17) is 4.42 Å². The molecular weight excluding hydrogens is 432 g/mol. The Bertz CT molecular complexity index is 1520. The molecule has 1 fully saturated rings. The van der Waals surface area contributed by atoms with Crippen LogP contribution in [0.15, 0.2) is 39.9 Å². The maximum Gasteiger partial charge on any atom is 0.323 e. The minimum atomic E-state index is -0.587. The summed E-state index contributed by atoms with van der Waals surface area (Å²) < 4.78 is 8.90. The van der Waals surface area contributed by atoms with Crippen molar-refractivity contribution < 1.29 is 4.42 Å². The summed E-state index contributed by atoms with van der Waals surface area (Å²) in [5.74, 6) is 0.369. The van der Waals surface area contributed by atoms with Gasteiger partial charge in [0.05, 0.1) is 6.07 Å². The number of hydrogen-bond acceptors (Lipinski definition) is 8. The molecule has 0 bridgehead atoms. The topological polar surface area (TPSA) is 127 Å². The molecule has 0 saturated heterocycles. The molecule has 3 aromatic heterocycles. The summed E-state index contributed by atoms with van der Waals surface area (Å²) in [6.07, 6.45) is 5.56. The Morgan fingerprint density at radius 1 is 1.26 bits per heavy atom. The van der Waals surface area contributed by atoms with E-state index in [0.29, 0.717) is 22.7 Å². The third kappa shape index (κ3) is 3.20. The van der Waals surface area contributed by atoms with Crippen molar-refractivity contribution >= 4 is 22.7 Å².